The van der Waals surface area contributed by atoms with E-state index in [1.807, 2.05) is 48.5 Å². The molecule has 5 heteroatoms. The largest absolute Gasteiger partial charge is 0.493 e. The molecule has 0 radical (unpaired) electrons. The lowest BCUT2D eigenvalue weighted by atomic mass is 10.1. The zero-order valence-electron chi connectivity index (χ0n) is 17.8. The van der Waals surface area contributed by atoms with Crippen molar-refractivity contribution in [3.05, 3.63) is 72.8 Å². The Morgan fingerprint density at radius 3 is 1.19 bits per heavy atom. The fourth-order valence-electron chi connectivity index (χ4n) is 3.46. The number of rotatable bonds is 10. The second-order valence-corrected chi connectivity index (χ2v) is 7.01. The smallest absolute Gasteiger partial charge is 0.161 e. The van der Waals surface area contributed by atoms with E-state index in [1.54, 1.807) is 14.2 Å². The van der Waals surface area contributed by atoms with E-state index in [0.29, 0.717) is 49.4 Å². The van der Waals surface area contributed by atoms with Crippen LogP contribution >= 0.6 is 0 Å². The van der Waals surface area contributed by atoms with E-state index in [2.05, 4.69) is 24.3 Å². The van der Waals surface area contributed by atoms with Gasteiger partial charge in [0, 0.05) is 0 Å². The summed E-state index contributed by atoms with van der Waals surface area (Å²) in [7, 11) is 3.29. The van der Waals surface area contributed by atoms with Gasteiger partial charge in [-0.1, -0.05) is 48.5 Å². The predicted octanol–water partition coefficient (Wildman–Crippen LogP) is 5.48. The van der Waals surface area contributed by atoms with Gasteiger partial charge in [-0.25, -0.2) is 0 Å². The number of hydrogen-bond donors (Lipinski definition) is 0. The van der Waals surface area contributed by atoms with Crippen molar-refractivity contribution in [2.45, 2.75) is 0 Å². The van der Waals surface area contributed by atoms with Gasteiger partial charge in [-0.15, -0.1) is 0 Å². The molecule has 0 N–H and O–H groups in total. The highest BCUT2D eigenvalue weighted by molar-refractivity contribution is 5.86. The first-order valence-electron chi connectivity index (χ1n) is 10.3. The third-order valence-corrected chi connectivity index (χ3v) is 5.03. The molecule has 0 unspecified atom stereocenters. The van der Waals surface area contributed by atoms with E-state index in [-0.39, 0.29) is 0 Å². The lowest BCUT2D eigenvalue weighted by molar-refractivity contribution is 0.0751. The highest BCUT2D eigenvalue weighted by Gasteiger charge is 2.08. The molecule has 31 heavy (non-hydrogen) atoms. The Morgan fingerprint density at radius 2 is 0.839 bits per heavy atom. The van der Waals surface area contributed by atoms with Crippen molar-refractivity contribution >= 4 is 21.5 Å². The zero-order valence-corrected chi connectivity index (χ0v) is 17.8. The van der Waals surface area contributed by atoms with Crippen molar-refractivity contribution < 1.29 is 23.7 Å². The second kappa shape index (κ2) is 10.0. The van der Waals surface area contributed by atoms with E-state index in [0.717, 1.165) is 21.5 Å². The number of benzene rings is 4. The maximum absolute atomic E-state index is 5.87. The molecule has 5 nitrogen and oxygen atoms in total. The molecule has 0 atom stereocenters. The first-order valence-corrected chi connectivity index (χ1v) is 10.3. The topological polar surface area (TPSA) is 46.2 Å². The van der Waals surface area contributed by atoms with Crippen LogP contribution in [-0.2, 0) is 4.74 Å². The summed E-state index contributed by atoms with van der Waals surface area (Å²) in [6.07, 6.45) is 0. The fraction of sp³-hybridized carbons (Fsp3) is 0.231. The van der Waals surface area contributed by atoms with Gasteiger partial charge in [-0.05, 0) is 45.8 Å². The minimum atomic E-state index is 0.425. The third kappa shape index (κ3) is 5.01. The first-order chi connectivity index (χ1) is 15.3. The van der Waals surface area contributed by atoms with Gasteiger partial charge in [0.2, 0.25) is 0 Å². The number of ether oxygens (including phenoxy) is 5. The van der Waals surface area contributed by atoms with E-state index in [1.165, 1.54) is 0 Å². The quantitative estimate of drug-likeness (QED) is 0.319. The summed E-state index contributed by atoms with van der Waals surface area (Å²) in [5.74, 6) is 2.85. The van der Waals surface area contributed by atoms with Crippen LogP contribution in [-0.4, -0.2) is 40.6 Å². The van der Waals surface area contributed by atoms with E-state index in [4.69, 9.17) is 23.7 Å². The molecule has 0 saturated carbocycles. The zero-order chi connectivity index (χ0) is 21.5. The Balaban J connectivity index is 1.25. The van der Waals surface area contributed by atoms with E-state index < -0.39 is 0 Å². The number of methoxy groups -OCH3 is 2. The van der Waals surface area contributed by atoms with Crippen LogP contribution in [0, 0.1) is 0 Å². The average molecular weight is 418 g/mol. The summed E-state index contributed by atoms with van der Waals surface area (Å²) in [5, 5.41) is 4.45. The van der Waals surface area contributed by atoms with Crippen molar-refractivity contribution in [2.75, 3.05) is 40.6 Å². The van der Waals surface area contributed by atoms with Gasteiger partial charge in [-0.3, -0.25) is 0 Å². The molecule has 0 aliphatic rings. The Morgan fingerprint density at radius 1 is 0.484 bits per heavy atom. The van der Waals surface area contributed by atoms with Crippen molar-refractivity contribution in [3.8, 4) is 23.0 Å². The minimum absolute atomic E-state index is 0.425. The molecule has 0 aliphatic carbocycles. The molecule has 0 aliphatic heterocycles. The van der Waals surface area contributed by atoms with Crippen LogP contribution in [0.15, 0.2) is 72.8 Å². The van der Waals surface area contributed by atoms with Crippen LogP contribution in [0.2, 0.25) is 0 Å². The van der Waals surface area contributed by atoms with E-state index >= 15 is 0 Å². The minimum Gasteiger partial charge on any atom is -0.493 e. The van der Waals surface area contributed by atoms with Crippen molar-refractivity contribution in [1.29, 1.82) is 0 Å². The molecule has 4 aromatic carbocycles. The van der Waals surface area contributed by atoms with E-state index in [9.17, 15) is 0 Å². The van der Waals surface area contributed by atoms with Crippen LogP contribution in [0.5, 0.6) is 23.0 Å². The molecule has 0 amide bonds. The summed E-state index contributed by atoms with van der Waals surface area (Å²) in [5.41, 5.74) is 0. The highest BCUT2D eigenvalue weighted by atomic mass is 16.6. The van der Waals surface area contributed by atoms with Gasteiger partial charge in [0.15, 0.2) is 23.0 Å². The van der Waals surface area contributed by atoms with Crippen molar-refractivity contribution in [1.82, 2.24) is 0 Å². The van der Waals surface area contributed by atoms with Crippen molar-refractivity contribution in [3.63, 3.8) is 0 Å². The maximum Gasteiger partial charge on any atom is 0.161 e. The van der Waals surface area contributed by atoms with Crippen LogP contribution in [0.25, 0.3) is 21.5 Å². The molecule has 0 spiro atoms. The Bertz CT molecular complexity index is 1060. The van der Waals surface area contributed by atoms with Gasteiger partial charge in [0.25, 0.3) is 0 Å². The molecule has 160 valence electrons. The number of hydrogen-bond acceptors (Lipinski definition) is 5. The molecule has 0 bridgehead atoms. The van der Waals surface area contributed by atoms with Crippen LogP contribution in [0.1, 0.15) is 0 Å². The maximum atomic E-state index is 5.87. The van der Waals surface area contributed by atoms with Crippen LogP contribution in [0.3, 0.4) is 0 Å². The summed E-state index contributed by atoms with van der Waals surface area (Å²) in [6.45, 7) is 1.75. The fourth-order valence-corrected chi connectivity index (χ4v) is 3.46. The Kier molecular flexibility index (Phi) is 6.75. The molecule has 4 aromatic rings. The highest BCUT2D eigenvalue weighted by Crippen LogP contribution is 2.33. The molecule has 0 fully saturated rings. The Labute approximate surface area is 182 Å². The molecular weight excluding hydrogens is 392 g/mol. The molecular formula is C26H26O5. The third-order valence-electron chi connectivity index (χ3n) is 5.03. The first kappa shape index (κ1) is 20.8. The monoisotopic (exact) mass is 418 g/mol. The lowest BCUT2D eigenvalue weighted by Gasteiger charge is -2.13. The summed E-state index contributed by atoms with van der Waals surface area (Å²) < 4.78 is 28.3. The van der Waals surface area contributed by atoms with Crippen LogP contribution < -0.4 is 18.9 Å². The summed E-state index contributed by atoms with van der Waals surface area (Å²) >= 11 is 0. The number of fused-ring (bicyclic) bond motifs is 2. The standard InChI is InChI=1S/C26H26O5/c1-27-23-15-19-7-3-5-9-21(19)17-25(23)30-13-11-29-12-14-31-26-18-22-10-6-4-8-20(22)16-24(26)28-2/h3-10,15-18H,11-14H2,1-2H3. The SMILES string of the molecule is COc1cc2ccccc2cc1OCCOCCOc1cc2ccccc2cc1OC. The van der Waals surface area contributed by atoms with Gasteiger partial charge >= 0.3 is 0 Å². The van der Waals surface area contributed by atoms with Gasteiger partial charge in [0.1, 0.15) is 13.2 Å². The lowest BCUT2D eigenvalue weighted by Crippen LogP contribution is -2.12. The molecule has 4 rings (SSSR count). The molecule has 0 saturated heterocycles. The van der Waals surface area contributed by atoms with Crippen molar-refractivity contribution in [2.24, 2.45) is 0 Å². The predicted molar refractivity (Wildman–Crippen MR) is 123 cm³/mol. The average Bonchev–Trinajstić information content (AvgIpc) is 2.82. The second-order valence-electron chi connectivity index (χ2n) is 7.01. The Hall–Kier alpha value is -3.44. The van der Waals surface area contributed by atoms with Gasteiger partial charge in [-0.2, -0.15) is 0 Å². The summed E-state index contributed by atoms with van der Waals surface area (Å²) in [4.78, 5) is 0. The normalized spacial score (nSPS) is 10.9. The van der Waals surface area contributed by atoms with Gasteiger partial charge in [0.05, 0.1) is 27.4 Å². The van der Waals surface area contributed by atoms with Crippen LogP contribution in [0.4, 0.5) is 0 Å². The summed E-state index contributed by atoms with van der Waals surface area (Å²) in [6, 6.07) is 24.2. The molecule has 0 aromatic heterocycles. The molecule has 0 heterocycles. The van der Waals surface area contributed by atoms with Gasteiger partial charge < -0.3 is 23.7 Å².